The SMILES string of the molecule is COc1cc(/C=C2\C(O)C3CCN2CC3)cc(Br)c1OC. The van der Waals surface area contributed by atoms with Crippen molar-refractivity contribution in [3.8, 4) is 11.5 Å². The number of methoxy groups -OCH3 is 2. The summed E-state index contributed by atoms with van der Waals surface area (Å²) in [6.45, 7) is 2.09. The molecular formula is C16H20BrNO3. The number of hydrogen-bond acceptors (Lipinski definition) is 4. The van der Waals surface area contributed by atoms with Crippen molar-refractivity contribution in [3.05, 3.63) is 27.9 Å². The van der Waals surface area contributed by atoms with Gasteiger partial charge in [0.1, 0.15) is 0 Å². The highest BCUT2D eigenvalue weighted by Crippen LogP contribution is 2.39. The van der Waals surface area contributed by atoms with Gasteiger partial charge in [-0.2, -0.15) is 0 Å². The molecule has 21 heavy (non-hydrogen) atoms. The highest BCUT2D eigenvalue weighted by atomic mass is 79.9. The van der Waals surface area contributed by atoms with Crippen LogP contribution in [-0.4, -0.2) is 43.4 Å². The Morgan fingerprint density at radius 1 is 1.24 bits per heavy atom. The summed E-state index contributed by atoms with van der Waals surface area (Å²) < 4.78 is 11.6. The first-order valence-electron chi connectivity index (χ1n) is 7.20. The van der Waals surface area contributed by atoms with Gasteiger partial charge in [-0.3, -0.25) is 0 Å². The number of benzene rings is 1. The second kappa shape index (κ2) is 5.89. The van der Waals surface area contributed by atoms with Crippen molar-refractivity contribution < 1.29 is 14.6 Å². The second-order valence-electron chi connectivity index (χ2n) is 5.58. The van der Waals surface area contributed by atoms with Crippen LogP contribution in [0.5, 0.6) is 11.5 Å². The molecule has 4 rings (SSSR count). The van der Waals surface area contributed by atoms with E-state index in [4.69, 9.17) is 9.47 Å². The topological polar surface area (TPSA) is 41.9 Å². The van der Waals surface area contributed by atoms with Gasteiger partial charge < -0.3 is 19.5 Å². The summed E-state index contributed by atoms with van der Waals surface area (Å²) in [5.74, 6) is 1.78. The number of aliphatic hydroxyl groups is 1. The minimum absolute atomic E-state index is 0.348. The minimum atomic E-state index is -0.348. The van der Waals surface area contributed by atoms with Crippen LogP contribution in [0.1, 0.15) is 18.4 Å². The third kappa shape index (κ3) is 2.64. The predicted octanol–water partition coefficient (Wildman–Crippen LogP) is 2.89. The summed E-state index contributed by atoms with van der Waals surface area (Å²) in [4.78, 5) is 2.29. The van der Waals surface area contributed by atoms with Gasteiger partial charge >= 0.3 is 0 Å². The van der Waals surface area contributed by atoms with E-state index in [0.717, 1.165) is 41.7 Å². The lowest BCUT2D eigenvalue weighted by Gasteiger charge is -2.46. The maximum absolute atomic E-state index is 10.4. The Balaban J connectivity index is 1.97. The molecule has 1 aromatic carbocycles. The van der Waals surface area contributed by atoms with Crippen LogP contribution in [0.4, 0.5) is 0 Å². The van der Waals surface area contributed by atoms with Crippen molar-refractivity contribution in [1.82, 2.24) is 4.90 Å². The molecule has 3 heterocycles. The van der Waals surface area contributed by atoms with Crippen LogP contribution in [0.3, 0.4) is 0 Å². The molecule has 114 valence electrons. The zero-order valence-electron chi connectivity index (χ0n) is 12.3. The first-order chi connectivity index (χ1) is 10.1. The minimum Gasteiger partial charge on any atom is -0.493 e. The van der Waals surface area contributed by atoms with Gasteiger partial charge in [-0.15, -0.1) is 0 Å². The molecule has 1 atom stereocenters. The van der Waals surface area contributed by atoms with Crippen LogP contribution in [0.15, 0.2) is 22.3 Å². The van der Waals surface area contributed by atoms with Crippen LogP contribution in [0.2, 0.25) is 0 Å². The summed E-state index contributed by atoms with van der Waals surface area (Å²) in [6.07, 6.45) is 3.89. The highest BCUT2D eigenvalue weighted by Gasteiger charge is 2.36. The number of nitrogens with zero attached hydrogens (tertiary/aromatic N) is 1. The highest BCUT2D eigenvalue weighted by molar-refractivity contribution is 9.10. The van der Waals surface area contributed by atoms with E-state index >= 15 is 0 Å². The standard InChI is InChI=1S/C16H20BrNO3/c1-20-14-9-10(7-12(17)16(14)21-2)8-13-15(19)11-3-5-18(13)6-4-11/h7-9,11,15,19H,3-6H2,1-2H3/b13-8+. The maximum Gasteiger partial charge on any atom is 0.174 e. The average molecular weight is 354 g/mol. The van der Waals surface area contributed by atoms with E-state index in [2.05, 4.69) is 26.9 Å². The molecule has 3 saturated heterocycles. The summed E-state index contributed by atoms with van der Waals surface area (Å²) >= 11 is 3.51. The van der Waals surface area contributed by atoms with Crippen LogP contribution in [-0.2, 0) is 0 Å². The summed E-state index contributed by atoms with van der Waals surface area (Å²) in [5, 5.41) is 10.4. The Hall–Kier alpha value is -1.20. The monoisotopic (exact) mass is 353 g/mol. The molecule has 1 N–H and O–H groups in total. The first kappa shape index (κ1) is 14.7. The van der Waals surface area contributed by atoms with E-state index in [1.54, 1.807) is 14.2 Å². The van der Waals surface area contributed by atoms with Gasteiger partial charge in [-0.1, -0.05) is 0 Å². The largest absolute Gasteiger partial charge is 0.493 e. The molecule has 4 nitrogen and oxygen atoms in total. The van der Waals surface area contributed by atoms with Crippen LogP contribution < -0.4 is 9.47 Å². The Morgan fingerprint density at radius 3 is 2.52 bits per heavy atom. The fourth-order valence-electron chi connectivity index (χ4n) is 3.27. The summed E-state index contributed by atoms with van der Waals surface area (Å²) in [7, 11) is 3.25. The summed E-state index contributed by atoms with van der Waals surface area (Å²) in [5.41, 5.74) is 2.03. The van der Waals surface area contributed by atoms with Crippen LogP contribution in [0, 0.1) is 5.92 Å². The van der Waals surface area contributed by atoms with Gasteiger partial charge in [0.15, 0.2) is 11.5 Å². The lowest BCUT2D eigenvalue weighted by molar-refractivity contribution is 0.0215. The van der Waals surface area contributed by atoms with Crippen molar-refractivity contribution >= 4 is 22.0 Å². The lowest BCUT2D eigenvalue weighted by Crippen LogP contribution is -2.48. The van der Waals surface area contributed by atoms with Gasteiger partial charge in [-0.05, 0) is 58.5 Å². The quantitative estimate of drug-likeness (QED) is 0.907. The van der Waals surface area contributed by atoms with E-state index in [1.165, 1.54) is 0 Å². The van der Waals surface area contributed by atoms with E-state index in [0.29, 0.717) is 17.4 Å². The van der Waals surface area contributed by atoms with Gasteiger partial charge in [0.2, 0.25) is 0 Å². The molecule has 0 saturated carbocycles. The van der Waals surface area contributed by atoms with Crippen LogP contribution >= 0.6 is 15.9 Å². The molecule has 1 unspecified atom stereocenters. The molecule has 0 radical (unpaired) electrons. The number of rotatable bonds is 3. The number of piperidine rings is 3. The number of ether oxygens (including phenoxy) is 2. The molecule has 1 aromatic rings. The lowest BCUT2D eigenvalue weighted by atomic mass is 9.83. The zero-order valence-corrected chi connectivity index (χ0v) is 13.9. The maximum atomic E-state index is 10.4. The zero-order chi connectivity index (χ0) is 15.0. The Labute approximate surface area is 133 Å². The number of halogens is 1. The van der Waals surface area contributed by atoms with Crippen molar-refractivity contribution in [2.45, 2.75) is 18.9 Å². The molecule has 2 bridgehead atoms. The van der Waals surface area contributed by atoms with Gasteiger partial charge in [0.25, 0.3) is 0 Å². The Bertz CT molecular complexity index is 561. The van der Waals surface area contributed by atoms with Gasteiger partial charge in [0, 0.05) is 18.8 Å². The second-order valence-corrected chi connectivity index (χ2v) is 6.43. The molecule has 3 aliphatic rings. The van der Waals surface area contributed by atoms with E-state index in [1.807, 2.05) is 12.1 Å². The third-order valence-corrected chi connectivity index (χ3v) is 5.01. The fourth-order valence-corrected chi connectivity index (χ4v) is 3.89. The predicted molar refractivity (Wildman–Crippen MR) is 85.5 cm³/mol. The third-order valence-electron chi connectivity index (χ3n) is 4.42. The molecule has 0 aromatic heterocycles. The normalized spacial score (nSPS) is 26.3. The molecule has 5 heteroatoms. The van der Waals surface area contributed by atoms with E-state index < -0.39 is 0 Å². The first-order valence-corrected chi connectivity index (χ1v) is 7.99. The van der Waals surface area contributed by atoms with Gasteiger partial charge in [-0.25, -0.2) is 0 Å². The number of aliphatic hydroxyl groups excluding tert-OH is 1. The molecule has 0 amide bonds. The molecule has 3 fully saturated rings. The van der Waals surface area contributed by atoms with E-state index in [-0.39, 0.29) is 6.10 Å². The van der Waals surface area contributed by atoms with Crippen molar-refractivity contribution in [1.29, 1.82) is 0 Å². The van der Waals surface area contributed by atoms with Crippen molar-refractivity contribution in [3.63, 3.8) is 0 Å². The Morgan fingerprint density at radius 2 is 1.95 bits per heavy atom. The van der Waals surface area contributed by atoms with Crippen molar-refractivity contribution in [2.75, 3.05) is 27.3 Å². The molecule has 3 aliphatic heterocycles. The van der Waals surface area contributed by atoms with E-state index in [9.17, 15) is 5.11 Å². The fraction of sp³-hybridized carbons (Fsp3) is 0.500. The van der Waals surface area contributed by atoms with Gasteiger partial charge in [0.05, 0.1) is 24.8 Å². The smallest absolute Gasteiger partial charge is 0.174 e. The molecule has 0 spiro atoms. The number of hydrogen-bond donors (Lipinski definition) is 1. The average Bonchev–Trinajstić information content (AvgIpc) is 2.50. The van der Waals surface area contributed by atoms with Crippen molar-refractivity contribution in [2.24, 2.45) is 5.92 Å². The number of fused-ring (bicyclic) bond motifs is 3. The molecule has 0 aliphatic carbocycles. The molecular weight excluding hydrogens is 334 g/mol. The van der Waals surface area contributed by atoms with Crippen LogP contribution in [0.25, 0.3) is 6.08 Å². The Kier molecular flexibility index (Phi) is 4.13. The summed E-state index contributed by atoms with van der Waals surface area (Å²) in [6, 6.07) is 3.93.